The maximum atomic E-state index is 15.3. The summed E-state index contributed by atoms with van der Waals surface area (Å²) >= 11 is 0. The first-order valence-electron chi connectivity index (χ1n) is 11.5. The fourth-order valence-electron chi connectivity index (χ4n) is 4.09. The summed E-state index contributed by atoms with van der Waals surface area (Å²) in [5.41, 5.74) is 4.83. The van der Waals surface area contributed by atoms with E-state index in [9.17, 15) is 4.39 Å². The zero-order valence-corrected chi connectivity index (χ0v) is 20.2. The lowest BCUT2D eigenvalue weighted by Crippen LogP contribution is -2.10. The van der Waals surface area contributed by atoms with Crippen molar-refractivity contribution in [2.45, 2.75) is 81.1 Å². The Labute approximate surface area is 183 Å². The predicted octanol–water partition coefficient (Wildman–Crippen LogP) is 9.53. The lowest BCUT2D eigenvalue weighted by Gasteiger charge is -2.24. The van der Waals surface area contributed by atoms with E-state index < -0.39 is 0 Å². The predicted molar refractivity (Wildman–Crippen MR) is 129 cm³/mol. The average molecular weight is 415 g/mol. The van der Waals surface area contributed by atoms with Crippen molar-refractivity contribution in [2.24, 2.45) is 11.8 Å². The van der Waals surface area contributed by atoms with E-state index in [1.807, 2.05) is 39.8 Å². The number of allylic oxidation sites excluding steroid dienone is 8. The molecule has 0 aromatic heterocycles. The molecule has 0 fully saturated rings. The van der Waals surface area contributed by atoms with Crippen LogP contribution in [0.5, 0.6) is 0 Å². The summed E-state index contributed by atoms with van der Waals surface area (Å²) in [6.07, 6.45) is 9.51. The van der Waals surface area contributed by atoms with E-state index in [0.717, 1.165) is 36.0 Å². The highest BCUT2D eigenvalue weighted by atomic mass is 19.1. The van der Waals surface area contributed by atoms with Gasteiger partial charge in [-0.15, -0.1) is 0 Å². The molecule has 0 N–H and O–H groups in total. The van der Waals surface area contributed by atoms with Gasteiger partial charge < -0.3 is 0 Å². The van der Waals surface area contributed by atoms with E-state index in [1.165, 1.54) is 11.6 Å². The van der Waals surface area contributed by atoms with E-state index in [4.69, 9.17) is 0 Å². The molecule has 1 aliphatic carbocycles. The van der Waals surface area contributed by atoms with Crippen LogP contribution in [0.1, 0.15) is 85.3 Å². The van der Waals surface area contributed by atoms with Crippen molar-refractivity contribution in [3.63, 3.8) is 0 Å². The number of aryl methyl sites for hydroxylation is 1. The Morgan fingerprint density at radius 1 is 1.10 bits per heavy atom. The number of benzene rings is 1. The molecular formula is C28H40F2. The third-order valence-corrected chi connectivity index (χ3v) is 6.03. The Balaban J connectivity index is 0.00000218. The smallest absolute Gasteiger partial charge is 0.131 e. The Bertz CT molecular complexity index is 801. The molecule has 0 amide bonds. The van der Waals surface area contributed by atoms with Gasteiger partial charge in [-0.25, -0.2) is 8.78 Å². The molecule has 2 heteroatoms. The molecule has 0 nitrogen and oxygen atoms in total. The van der Waals surface area contributed by atoms with Gasteiger partial charge in [-0.1, -0.05) is 70.9 Å². The van der Waals surface area contributed by atoms with Gasteiger partial charge in [-0.3, -0.25) is 0 Å². The van der Waals surface area contributed by atoms with Crippen molar-refractivity contribution in [3.05, 3.63) is 75.9 Å². The molecule has 1 aliphatic rings. The highest BCUT2D eigenvalue weighted by Crippen LogP contribution is 2.38. The summed E-state index contributed by atoms with van der Waals surface area (Å²) in [5, 5.41) is 0. The van der Waals surface area contributed by atoms with E-state index >= 15 is 4.39 Å². The fraction of sp³-hybridized carbons (Fsp3) is 0.500. The van der Waals surface area contributed by atoms with Crippen molar-refractivity contribution >= 4 is 5.57 Å². The highest BCUT2D eigenvalue weighted by molar-refractivity contribution is 5.81. The minimum absolute atomic E-state index is 0.349. The van der Waals surface area contributed by atoms with Gasteiger partial charge in [0.2, 0.25) is 0 Å². The molecular weight excluding hydrogens is 374 g/mol. The van der Waals surface area contributed by atoms with Gasteiger partial charge in [0.25, 0.3) is 0 Å². The second-order valence-corrected chi connectivity index (χ2v) is 8.04. The van der Waals surface area contributed by atoms with Crippen molar-refractivity contribution < 1.29 is 8.78 Å². The van der Waals surface area contributed by atoms with Crippen LogP contribution in [0, 0.1) is 24.6 Å². The third-order valence-electron chi connectivity index (χ3n) is 6.03. The molecule has 30 heavy (non-hydrogen) atoms. The van der Waals surface area contributed by atoms with Crippen molar-refractivity contribution in [3.8, 4) is 0 Å². The van der Waals surface area contributed by atoms with Gasteiger partial charge >= 0.3 is 0 Å². The molecule has 0 radical (unpaired) electrons. The molecule has 0 aliphatic heterocycles. The largest absolute Gasteiger partial charge is 0.206 e. The van der Waals surface area contributed by atoms with E-state index in [0.29, 0.717) is 29.4 Å². The number of hydrogen-bond donors (Lipinski definition) is 0. The van der Waals surface area contributed by atoms with Crippen LogP contribution in [-0.2, 0) is 0 Å². The zero-order valence-electron chi connectivity index (χ0n) is 20.2. The minimum atomic E-state index is -0.370. The normalized spacial score (nSPS) is 16.8. The molecule has 0 saturated carbocycles. The minimum Gasteiger partial charge on any atom is -0.206 e. The van der Waals surface area contributed by atoms with Crippen LogP contribution in [0.25, 0.3) is 5.57 Å². The number of hydrogen-bond acceptors (Lipinski definition) is 0. The maximum absolute atomic E-state index is 15.3. The lowest BCUT2D eigenvalue weighted by atomic mass is 9.81. The standard InChI is InChI=1S/C26H34F2.C2H6/c1-7-17(4)15-20(8-2)21(9-3)23-16-25(28)22(14-13-18(23)5)26-19(6)11-10-12-24(26)27;1-2/h9-12,14,16-17,20H,7-8,13,15H2,1-6H3;1-2H3/b21-9+;/t17-,20?;/m0./s1. The summed E-state index contributed by atoms with van der Waals surface area (Å²) < 4.78 is 29.8. The summed E-state index contributed by atoms with van der Waals surface area (Å²) in [4.78, 5) is 0. The van der Waals surface area contributed by atoms with Gasteiger partial charge in [0.1, 0.15) is 11.6 Å². The van der Waals surface area contributed by atoms with E-state index in [1.54, 1.807) is 12.1 Å². The topological polar surface area (TPSA) is 0 Å². The Morgan fingerprint density at radius 2 is 1.77 bits per heavy atom. The molecule has 2 atom stereocenters. The lowest BCUT2D eigenvalue weighted by molar-refractivity contribution is 0.415. The quantitative estimate of drug-likeness (QED) is 0.416. The molecule has 0 spiro atoms. The van der Waals surface area contributed by atoms with Gasteiger partial charge in [-0.2, -0.15) is 0 Å². The molecule has 1 aromatic rings. The van der Waals surface area contributed by atoms with Crippen LogP contribution in [-0.4, -0.2) is 0 Å². The van der Waals surface area contributed by atoms with Crippen LogP contribution < -0.4 is 0 Å². The first-order chi connectivity index (χ1) is 14.3. The monoisotopic (exact) mass is 414 g/mol. The van der Waals surface area contributed by atoms with Gasteiger partial charge in [-0.05, 0) is 80.7 Å². The first kappa shape index (κ1) is 26.1. The molecule has 0 saturated heterocycles. The Morgan fingerprint density at radius 3 is 2.30 bits per heavy atom. The highest BCUT2D eigenvalue weighted by Gasteiger charge is 2.23. The second kappa shape index (κ2) is 12.7. The Kier molecular flexibility index (Phi) is 11.0. The summed E-state index contributed by atoms with van der Waals surface area (Å²) in [5.74, 6) is 0.323. The van der Waals surface area contributed by atoms with Crippen LogP contribution in [0.3, 0.4) is 0 Å². The number of rotatable bonds is 7. The van der Waals surface area contributed by atoms with Crippen LogP contribution in [0.4, 0.5) is 8.78 Å². The molecule has 1 unspecified atom stereocenters. The maximum Gasteiger partial charge on any atom is 0.131 e. The number of halogens is 2. The second-order valence-electron chi connectivity index (χ2n) is 8.04. The molecule has 1 aromatic carbocycles. The van der Waals surface area contributed by atoms with Crippen molar-refractivity contribution in [1.82, 2.24) is 0 Å². The van der Waals surface area contributed by atoms with E-state index in [2.05, 4.69) is 33.8 Å². The van der Waals surface area contributed by atoms with Crippen LogP contribution in [0.15, 0.2) is 59.0 Å². The molecule has 2 rings (SSSR count). The van der Waals surface area contributed by atoms with Crippen molar-refractivity contribution in [2.75, 3.05) is 0 Å². The average Bonchev–Trinajstić information content (AvgIpc) is 2.88. The van der Waals surface area contributed by atoms with Gasteiger partial charge in [0, 0.05) is 11.1 Å². The fourth-order valence-corrected chi connectivity index (χ4v) is 4.09. The van der Waals surface area contributed by atoms with Gasteiger partial charge in [0.15, 0.2) is 0 Å². The van der Waals surface area contributed by atoms with Gasteiger partial charge in [0.05, 0.1) is 0 Å². The van der Waals surface area contributed by atoms with E-state index in [-0.39, 0.29) is 11.6 Å². The van der Waals surface area contributed by atoms with Crippen molar-refractivity contribution in [1.29, 1.82) is 0 Å². The summed E-state index contributed by atoms with van der Waals surface area (Å²) in [6.45, 7) is 16.6. The molecule has 0 bridgehead atoms. The first-order valence-corrected chi connectivity index (χ1v) is 11.5. The molecule has 166 valence electrons. The molecule has 0 heterocycles. The summed E-state index contributed by atoms with van der Waals surface area (Å²) in [7, 11) is 0. The van der Waals surface area contributed by atoms with Crippen LogP contribution >= 0.6 is 0 Å². The summed E-state index contributed by atoms with van der Waals surface area (Å²) in [6, 6.07) is 4.90. The van der Waals surface area contributed by atoms with Crippen LogP contribution in [0.2, 0.25) is 0 Å². The third kappa shape index (κ3) is 6.27. The Hall–Kier alpha value is -1.96. The zero-order chi connectivity index (χ0) is 22.8. The SMILES string of the molecule is C/C=C(/C1=C(C)CC=C(c2c(C)cccc2F)C(F)=C1)C(CC)C[C@@H](C)CC.CC.